The SMILES string of the molecule is CN=C(NCCc1sc(C)nc1C)NC(C)CCC(C)(C)C. The molecule has 1 heterocycles. The summed E-state index contributed by atoms with van der Waals surface area (Å²) in [7, 11) is 1.83. The van der Waals surface area contributed by atoms with E-state index < -0.39 is 0 Å². The number of aryl methyl sites for hydroxylation is 2. The van der Waals surface area contributed by atoms with Crippen molar-refractivity contribution in [3.05, 3.63) is 15.6 Å². The molecule has 1 aromatic heterocycles. The van der Waals surface area contributed by atoms with Crippen LogP contribution in [0.25, 0.3) is 0 Å². The van der Waals surface area contributed by atoms with Gasteiger partial charge in [0, 0.05) is 30.9 Å². The van der Waals surface area contributed by atoms with Gasteiger partial charge in [0.25, 0.3) is 0 Å². The zero-order chi connectivity index (χ0) is 16.8. The second-order valence-corrected chi connectivity index (χ2v) is 8.42. The van der Waals surface area contributed by atoms with Gasteiger partial charge in [-0.3, -0.25) is 4.99 Å². The molecule has 0 spiro atoms. The number of rotatable bonds is 6. The molecular formula is C17H32N4S. The van der Waals surface area contributed by atoms with Crippen LogP contribution < -0.4 is 10.6 Å². The largest absolute Gasteiger partial charge is 0.356 e. The summed E-state index contributed by atoms with van der Waals surface area (Å²) in [5.74, 6) is 0.889. The fourth-order valence-electron chi connectivity index (χ4n) is 2.25. The fraction of sp³-hybridized carbons (Fsp3) is 0.765. The molecule has 0 fully saturated rings. The lowest BCUT2D eigenvalue weighted by Gasteiger charge is -2.23. The van der Waals surface area contributed by atoms with Gasteiger partial charge in [0.05, 0.1) is 10.7 Å². The summed E-state index contributed by atoms with van der Waals surface area (Å²) in [4.78, 5) is 10.1. The topological polar surface area (TPSA) is 49.3 Å². The molecule has 22 heavy (non-hydrogen) atoms. The second kappa shape index (κ2) is 8.51. The molecule has 1 unspecified atom stereocenters. The Kier molecular flexibility index (Phi) is 7.33. The predicted octanol–water partition coefficient (Wildman–Crippen LogP) is 3.68. The van der Waals surface area contributed by atoms with Crippen LogP contribution in [0, 0.1) is 19.3 Å². The predicted molar refractivity (Wildman–Crippen MR) is 97.9 cm³/mol. The molecule has 0 aliphatic rings. The van der Waals surface area contributed by atoms with Crippen molar-refractivity contribution in [2.45, 2.75) is 66.8 Å². The fourth-order valence-corrected chi connectivity index (χ4v) is 3.19. The van der Waals surface area contributed by atoms with Crippen LogP contribution >= 0.6 is 11.3 Å². The summed E-state index contributed by atoms with van der Waals surface area (Å²) in [6.07, 6.45) is 3.35. The average Bonchev–Trinajstić information content (AvgIpc) is 2.73. The van der Waals surface area contributed by atoms with Gasteiger partial charge in [-0.25, -0.2) is 4.98 Å². The van der Waals surface area contributed by atoms with E-state index >= 15 is 0 Å². The highest BCUT2D eigenvalue weighted by molar-refractivity contribution is 7.11. The highest BCUT2D eigenvalue weighted by Crippen LogP contribution is 2.21. The third kappa shape index (κ3) is 7.25. The molecule has 1 aromatic rings. The molecular weight excluding hydrogens is 292 g/mol. The van der Waals surface area contributed by atoms with Gasteiger partial charge in [-0.1, -0.05) is 20.8 Å². The molecule has 1 rings (SSSR count). The van der Waals surface area contributed by atoms with E-state index in [9.17, 15) is 0 Å². The van der Waals surface area contributed by atoms with Crippen LogP contribution in [0.5, 0.6) is 0 Å². The zero-order valence-electron chi connectivity index (χ0n) is 15.2. The highest BCUT2D eigenvalue weighted by Gasteiger charge is 2.13. The molecule has 4 nitrogen and oxygen atoms in total. The molecule has 126 valence electrons. The van der Waals surface area contributed by atoms with Gasteiger partial charge in [0.2, 0.25) is 0 Å². The van der Waals surface area contributed by atoms with Crippen molar-refractivity contribution in [1.29, 1.82) is 0 Å². The van der Waals surface area contributed by atoms with E-state index in [-0.39, 0.29) is 0 Å². The van der Waals surface area contributed by atoms with Crippen LogP contribution in [0.4, 0.5) is 0 Å². The van der Waals surface area contributed by atoms with Crippen molar-refractivity contribution in [3.8, 4) is 0 Å². The molecule has 0 aliphatic heterocycles. The molecule has 0 saturated carbocycles. The van der Waals surface area contributed by atoms with Crippen LogP contribution in [0.1, 0.15) is 56.1 Å². The monoisotopic (exact) mass is 324 g/mol. The van der Waals surface area contributed by atoms with Gasteiger partial charge in [0.15, 0.2) is 5.96 Å². The summed E-state index contributed by atoms with van der Waals surface area (Å²) >= 11 is 1.79. The molecule has 5 heteroatoms. The Hall–Kier alpha value is -1.10. The lowest BCUT2D eigenvalue weighted by atomic mass is 9.89. The Morgan fingerprint density at radius 2 is 2.00 bits per heavy atom. The van der Waals surface area contributed by atoms with Gasteiger partial charge in [-0.05, 0) is 39.0 Å². The van der Waals surface area contributed by atoms with Crippen molar-refractivity contribution >= 4 is 17.3 Å². The van der Waals surface area contributed by atoms with E-state index in [2.05, 4.69) is 62.2 Å². The minimum absolute atomic E-state index is 0.383. The summed E-state index contributed by atoms with van der Waals surface area (Å²) in [5, 5.41) is 8.02. The van der Waals surface area contributed by atoms with Crippen molar-refractivity contribution in [3.63, 3.8) is 0 Å². The number of guanidine groups is 1. The molecule has 2 N–H and O–H groups in total. The molecule has 1 atom stereocenters. The minimum atomic E-state index is 0.383. The molecule has 0 amide bonds. The van der Waals surface area contributed by atoms with Gasteiger partial charge < -0.3 is 10.6 Å². The number of hydrogen-bond donors (Lipinski definition) is 2. The first kappa shape index (κ1) is 18.9. The third-order valence-corrected chi connectivity index (χ3v) is 4.71. The smallest absolute Gasteiger partial charge is 0.191 e. The Morgan fingerprint density at radius 3 is 2.50 bits per heavy atom. The van der Waals surface area contributed by atoms with Crippen molar-refractivity contribution < 1.29 is 0 Å². The van der Waals surface area contributed by atoms with Crippen molar-refractivity contribution in [2.75, 3.05) is 13.6 Å². The van der Waals surface area contributed by atoms with Gasteiger partial charge in [-0.15, -0.1) is 11.3 Å². The maximum absolute atomic E-state index is 4.47. The van der Waals surface area contributed by atoms with E-state index in [0.29, 0.717) is 11.5 Å². The Bertz CT molecular complexity index is 485. The quantitative estimate of drug-likeness (QED) is 0.620. The maximum Gasteiger partial charge on any atom is 0.191 e. The van der Waals surface area contributed by atoms with Crippen LogP contribution in [-0.2, 0) is 6.42 Å². The number of nitrogens with one attached hydrogen (secondary N) is 2. The normalized spacial score (nSPS) is 14.0. The Balaban J connectivity index is 2.35. The number of aliphatic imine (C=N–C) groups is 1. The Labute approximate surface area is 139 Å². The summed E-state index contributed by atoms with van der Waals surface area (Å²) < 4.78 is 0. The minimum Gasteiger partial charge on any atom is -0.356 e. The van der Waals surface area contributed by atoms with Gasteiger partial charge in [0.1, 0.15) is 0 Å². The Morgan fingerprint density at radius 1 is 1.32 bits per heavy atom. The second-order valence-electron chi connectivity index (χ2n) is 7.14. The van der Waals surface area contributed by atoms with E-state index in [1.807, 2.05) is 7.05 Å². The van der Waals surface area contributed by atoms with E-state index in [4.69, 9.17) is 0 Å². The van der Waals surface area contributed by atoms with E-state index in [1.54, 1.807) is 11.3 Å². The highest BCUT2D eigenvalue weighted by atomic mass is 32.1. The van der Waals surface area contributed by atoms with E-state index in [1.165, 1.54) is 11.3 Å². The van der Waals surface area contributed by atoms with Crippen molar-refractivity contribution in [2.24, 2.45) is 10.4 Å². The molecule has 0 bridgehead atoms. The first-order valence-electron chi connectivity index (χ1n) is 8.11. The number of thiazole rings is 1. The van der Waals surface area contributed by atoms with Gasteiger partial charge in [-0.2, -0.15) is 0 Å². The third-order valence-electron chi connectivity index (χ3n) is 3.58. The number of nitrogens with zero attached hydrogens (tertiary/aromatic N) is 2. The molecule has 0 saturated heterocycles. The van der Waals surface area contributed by atoms with E-state index in [0.717, 1.165) is 36.0 Å². The van der Waals surface area contributed by atoms with Crippen LogP contribution in [0.2, 0.25) is 0 Å². The number of aromatic nitrogens is 1. The molecule has 0 aliphatic carbocycles. The number of hydrogen-bond acceptors (Lipinski definition) is 3. The maximum atomic E-state index is 4.47. The first-order valence-corrected chi connectivity index (χ1v) is 8.93. The van der Waals surface area contributed by atoms with Crippen LogP contribution in [0.15, 0.2) is 4.99 Å². The van der Waals surface area contributed by atoms with Gasteiger partial charge >= 0.3 is 0 Å². The molecule has 0 aromatic carbocycles. The first-order chi connectivity index (χ1) is 10.2. The van der Waals surface area contributed by atoms with Crippen LogP contribution in [-0.4, -0.2) is 30.6 Å². The summed E-state index contributed by atoms with van der Waals surface area (Å²) in [5.41, 5.74) is 1.54. The summed E-state index contributed by atoms with van der Waals surface area (Å²) in [6, 6.07) is 0.429. The van der Waals surface area contributed by atoms with Crippen molar-refractivity contribution in [1.82, 2.24) is 15.6 Å². The summed E-state index contributed by atoms with van der Waals surface area (Å²) in [6.45, 7) is 14.1. The zero-order valence-corrected chi connectivity index (χ0v) is 16.0. The molecule has 0 radical (unpaired) electrons. The average molecular weight is 325 g/mol. The lowest BCUT2D eigenvalue weighted by molar-refractivity contribution is 0.346. The van der Waals surface area contributed by atoms with Crippen LogP contribution in [0.3, 0.4) is 0 Å². The lowest BCUT2D eigenvalue weighted by Crippen LogP contribution is -2.43. The standard InChI is InChI=1S/C17H32N4S/c1-12(8-10-17(4,5)6)20-16(18-7)19-11-9-15-13(2)21-14(3)22-15/h12H,8-11H2,1-7H3,(H2,18,19,20).